The van der Waals surface area contributed by atoms with E-state index in [9.17, 15) is 5.11 Å². The molecule has 1 aromatic carbocycles. The van der Waals surface area contributed by atoms with Crippen LogP contribution in [0.5, 0.6) is 5.75 Å². The molecule has 3 rings (SSSR count). The fourth-order valence-corrected chi connectivity index (χ4v) is 3.89. The van der Waals surface area contributed by atoms with Crippen molar-refractivity contribution in [3.63, 3.8) is 0 Å². The Labute approximate surface area is 164 Å². The maximum absolute atomic E-state index is 10.2. The zero-order valence-corrected chi connectivity index (χ0v) is 17.0. The molecular formula is C21H26BrN3O. The van der Waals surface area contributed by atoms with Gasteiger partial charge in [-0.3, -0.25) is 9.88 Å². The number of pyridine rings is 1. The van der Waals surface area contributed by atoms with Gasteiger partial charge in [-0.25, -0.2) is 0 Å². The maximum Gasteiger partial charge on any atom is 0.156 e. The molecule has 1 aliphatic heterocycles. The fraction of sp³-hybridized carbons (Fsp3) is 0.381. The number of halogens is 1. The molecule has 0 spiro atoms. The summed E-state index contributed by atoms with van der Waals surface area (Å²) in [5, 5.41) is 11.3. The Balaban J connectivity index is 1.72. The summed E-state index contributed by atoms with van der Waals surface area (Å²) in [4.78, 5) is 9.27. The van der Waals surface area contributed by atoms with Gasteiger partial charge in [0.25, 0.3) is 0 Å². The molecule has 0 radical (unpaired) electrons. The van der Waals surface area contributed by atoms with Crippen LogP contribution in [0, 0.1) is 0 Å². The predicted molar refractivity (Wildman–Crippen MR) is 111 cm³/mol. The van der Waals surface area contributed by atoms with Crippen LogP contribution in [0.15, 0.2) is 52.8 Å². The van der Waals surface area contributed by atoms with Crippen molar-refractivity contribution < 1.29 is 5.11 Å². The summed E-state index contributed by atoms with van der Waals surface area (Å²) in [6.45, 7) is 9.25. The lowest BCUT2D eigenvalue weighted by molar-refractivity contribution is 0.156. The van der Waals surface area contributed by atoms with Crippen molar-refractivity contribution in [2.24, 2.45) is 0 Å². The Bertz CT molecular complexity index is 823. The number of rotatable bonds is 5. The standard InChI is InChI=1S/C21H26BrN3O/c1-3-5-7-17(4-2)25-12-10-24(11-13-25)15-16-14-19(22)21(26)20-18(16)8-6-9-23-20/h4-9,14,26H,3,10-13,15H2,1-2H3/b7-5-,17-4+. The number of allylic oxidation sites excluding steroid dienone is 3. The van der Waals surface area contributed by atoms with Crippen molar-refractivity contribution >= 4 is 26.8 Å². The zero-order chi connectivity index (χ0) is 18.5. The molecule has 0 saturated carbocycles. The monoisotopic (exact) mass is 415 g/mol. The van der Waals surface area contributed by atoms with Crippen molar-refractivity contribution in [3.05, 3.63) is 58.4 Å². The first-order chi connectivity index (χ1) is 12.6. The van der Waals surface area contributed by atoms with E-state index in [0.29, 0.717) is 9.99 Å². The van der Waals surface area contributed by atoms with Crippen molar-refractivity contribution in [2.45, 2.75) is 26.8 Å². The van der Waals surface area contributed by atoms with E-state index in [-0.39, 0.29) is 5.75 Å². The van der Waals surface area contributed by atoms with Gasteiger partial charge in [0.1, 0.15) is 5.52 Å². The number of aromatic hydroxyl groups is 1. The van der Waals surface area contributed by atoms with Crippen LogP contribution in [-0.4, -0.2) is 46.1 Å². The van der Waals surface area contributed by atoms with Crippen molar-refractivity contribution in [2.75, 3.05) is 26.2 Å². The Kier molecular flexibility index (Phi) is 6.33. The first-order valence-corrected chi connectivity index (χ1v) is 9.98. The number of phenolic OH excluding ortho intramolecular Hbond substituents is 1. The minimum Gasteiger partial charge on any atom is -0.505 e. The lowest BCUT2D eigenvalue weighted by Gasteiger charge is -2.36. The molecular weight excluding hydrogens is 390 g/mol. The van der Waals surface area contributed by atoms with Gasteiger partial charge in [0.05, 0.1) is 4.47 Å². The van der Waals surface area contributed by atoms with Gasteiger partial charge in [-0.2, -0.15) is 0 Å². The van der Waals surface area contributed by atoms with Gasteiger partial charge in [-0.05, 0) is 53.0 Å². The number of fused-ring (bicyclic) bond motifs is 1. The van der Waals surface area contributed by atoms with Crippen LogP contribution < -0.4 is 0 Å². The first-order valence-electron chi connectivity index (χ1n) is 9.19. The van der Waals surface area contributed by atoms with Crippen LogP contribution in [0.3, 0.4) is 0 Å². The SMILES string of the molecule is C/C=C(\C=C/CC)N1CCN(Cc2cc(Br)c(O)c3ncccc23)CC1. The third-order valence-corrected chi connectivity index (χ3v) is 5.46. The molecule has 2 aromatic rings. The summed E-state index contributed by atoms with van der Waals surface area (Å²) in [6, 6.07) is 5.98. The minimum atomic E-state index is 0.217. The number of hydrogen-bond acceptors (Lipinski definition) is 4. The second-order valence-corrected chi connectivity index (χ2v) is 7.41. The van der Waals surface area contributed by atoms with E-state index in [1.807, 2.05) is 18.2 Å². The molecule has 0 amide bonds. The molecule has 1 saturated heterocycles. The second kappa shape index (κ2) is 8.69. The Morgan fingerprint density at radius 1 is 1.31 bits per heavy atom. The van der Waals surface area contributed by atoms with Gasteiger partial charge in [0.2, 0.25) is 0 Å². The molecule has 5 heteroatoms. The number of benzene rings is 1. The third-order valence-electron chi connectivity index (χ3n) is 4.86. The highest BCUT2D eigenvalue weighted by molar-refractivity contribution is 9.10. The largest absolute Gasteiger partial charge is 0.505 e. The Morgan fingerprint density at radius 2 is 2.08 bits per heavy atom. The highest BCUT2D eigenvalue weighted by atomic mass is 79.9. The molecule has 0 atom stereocenters. The zero-order valence-electron chi connectivity index (χ0n) is 15.5. The number of aromatic nitrogens is 1. The van der Waals surface area contributed by atoms with E-state index < -0.39 is 0 Å². The molecule has 1 aliphatic rings. The molecule has 138 valence electrons. The number of phenols is 1. The van der Waals surface area contributed by atoms with Gasteiger partial charge >= 0.3 is 0 Å². The summed E-state index contributed by atoms with van der Waals surface area (Å²) in [6.07, 6.45) is 9.42. The molecule has 1 N–H and O–H groups in total. The quantitative estimate of drug-likeness (QED) is 0.718. The van der Waals surface area contributed by atoms with Gasteiger partial charge < -0.3 is 10.0 Å². The Hall–Kier alpha value is -1.85. The molecule has 0 aliphatic carbocycles. The molecule has 0 unspecified atom stereocenters. The van der Waals surface area contributed by atoms with Gasteiger partial charge in [0, 0.05) is 50.0 Å². The molecule has 26 heavy (non-hydrogen) atoms. The Morgan fingerprint density at radius 3 is 2.77 bits per heavy atom. The molecule has 2 heterocycles. The molecule has 0 bridgehead atoms. The van der Waals surface area contributed by atoms with Crippen LogP contribution in [0.1, 0.15) is 25.8 Å². The van der Waals surface area contributed by atoms with Crippen LogP contribution in [0.25, 0.3) is 10.9 Å². The van der Waals surface area contributed by atoms with E-state index in [1.165, 1.54) is 11.3 Å². The van der Waals surface area contributed by atoms with E-state index in [4.69, 9.17) is 0 Å². The smallest absolute Gasteiger partial charge is 0.156 e. The van der Waals surface area contributed by atoms with E-state index in [1.54, 1.807) is 6.20 Å². The maximum atomic E-state index is 10.2. The van der Waals surface area contributed by atoms with Crippen LogP contribution in [-0.2, 0) is 6.54 Å². The van der Waals surface area contributed by atoms with E-state index >= 15 is 0 Å². The van der Waals surface area contributed by atoms with Crippen molar-refractivity contribution in [1.82, 2.24) is 14.8 Å². The summed E-state index contributed by atoms with van der Waals surface area (Å²) < 4.78 is 0.707. The minimum absolute atomic E-state index is 0.217. The van der Waals surface area contributed by atoms with E-state index in [2.05, 4.69) is 62.8 Å². The summed E-state index contributed by atoms with van der Waals surface area (Å²) >= 11 is 3.46. The van der Waals surface area contributed by atoms with Crippen LogP contribution in [0.2, 0.25) is 0 Å². The van der Waals surface area contributed by atoms with Gasteiger partial charge in [-0.15, -0.1) is 0 Å². The molecule has 1 aromatic heterocycles. The summed E-state index contributed by atoms with van der Waals surface area (Å²) in [5.74, 6) is 0.217. The number of hydrogen-bond donors (Lipinski definition) is 1. The first kappa shape index (κ1) is 18.9. The van der Waals surface area contributed by atoms with Crippen molar-refractivity contribution in [3.8, 4) is 5.75 Å². The number of piperazine rings is 1. The highest BCUT2D eigenvalue weighted by Crippen LogP contribution is 2.34. The summed E-state index contributed by atoms with van der Waals surface area (Å²) in [5.41, 5.74) is 3.17. The topological polar surface area (TPSA) is 39.6 Å². The van der Waals surface area contributed by atoms with Crippen molar-refractivity contribution in [1.29, 1.82) is 0 Å². The lowest BCUT2D eigenvalue weighted by atomic mass is 10.1. The average molecular weight is 416 g/mol. The summed E-state index contributed by atoms with van der Waals surface area (Å²) in [7, 11) is 0. The van der Waals surface area contributed by atoms with Crippen LogP contribution in [0.4, 0.5) is 0 Å². The molecule has 4 nitrogen and oxygen atoms in total. The predicted octanol–water partition coefficient (Wildman–Crippen LogP) is 4.69. The fourth-order valence-electron chi connectivity index (χ4n) is 3.42. The normalized spacial score (nSPS) is 16.7. The van der Waals surface area contributed by atoms with Gasteiger partial charge in [0.15, 0.2) is 5.75 Å². The third kappa shape index (κ3) is 4.10. The molecule has 1 fully saturated rings. The lowest BCUT2D eigenvalue weighted by Crippen LogP contribution is -2.45. The van der Waals surface area contributed by atoms with Crippen LogP contribution >= 0.6 is 15.9 Å². The van der Waals surface area contributed by atoms with Gasteiger partial charge in [-0.1, -0.05) is 25.1 Å². The average Bonchev–Trinajstić information content (AvgIpc) is 2.67. The highest BCUT2D eigenvalue weighted by Gasteiger charge is 2.19. The van der Waals surface area contributed by atoms with E-state index in [0.717, 1.165) is 44.5 Å². The number of nitrogens with zero attached hydrogens (tertiary/aromatic N) is 3. The second-order valence-electron chi connectivity index (χ2n) is 6.55.